The Labute approximate surface area is 113 Å². The smallest absolute Gasteiger partial charge is 0.306 e. The molecule has 1 heterocycles. The van der Waals surface area contributed by atoms with E-state index < -0.39 is 5.97 Å². The fourth-order valence-corrected chi connectivity index (χ4v) is 1.68. The largest absolute Gasteiger partial charge is 0.481 e. The maximum atomic E-state index is 11.7. The molecule has 0 fully saturated rings. The first-order chi connectivity index (χ1) is 9.00. The Morgan fingerprint density at radius 3 is 2.84 bits per heavy atom. The summed E-state index contributed by atoms with van der Waals surface area (Å²) in [6.07, 6.45) is 3.17. The minimum atomic E-state index is -0.796. The van der Waals surface area contributed by atoms with Crippen LogP contribution in [0.25, 0.3) is 0 Å². The van der Waals surface area contributed by atoms with Crippen LogP contribution in [0.5, 0.6) is 0 Å². The van der Waals surface area contributed by atoms with Crippen molar-refractivity contribution in [3.63, 3.8) is 0 Å². The third-order valence-electron chi connectivity index (χ3n) is 3.00. The van der Waals surface area contributed by atoms with Crippen LogP contribution in [-0.2, 0) is 16.0 Å². The van der Waals surface area contributed by atoms with E-state index in [1.54, 1.807) is 13.1 Å². The van der Waals surface area contributed by atoms with Crippen molar-refractivity contribution >= 4 is 11.9 Å². The monoisotopic (exact) mass is 264 g/mol. The van der Waals surface area contributed by atoms with Crippen LogP contribution in [0.3, 0.4) is 0 Å². The zero-order chi connectivity index (χ0) is 14.3. The van der Waals surface area contributed by atoms with Gasteiger partial charge in [-0.25, -0.2) is 0 Å². The van der Waals surface area contributed by atoms with E-state index in [4.69, 9.17) is 5.11 Å². The molecule has 1 aromatic heterocycles. The number of aryl methyl sites for hydroxylation is 1. The molecule has 0 aromatic carbocycles. The molecular formula is C14H20N2O3. The van der Waals surface area contributed by atoms with Crippen molar-refractivity contribution in [3.8, 4) is 0 Å². The molecule has 0 bridgehead atoms. The first kappa shape index (κ1) is 15.1. The summed E-state index contributed by atoms with van der Waals surface area (Å²) in [5.74, 6) is -1.24. The van der Waals surface area contributed by atoms with Crippen molar-refractivity contribution in [1.29, 1.82) is 0 Å². The summed E-state index contributed by atoms with van der Waals surface area (Å²) < 4.78 is 0. The van der Waals surface area contributed by atoms with Crippen LogP contribution < -0.4 is 5.32 Å². The molecule has 0 aliphatic rings. The standard InChI is InChI=1S/C14H20N2O3/c1-10-5-3-7-15-12(10)9-13(17)16-8-4-6-11(2)14(18)19/h3,5,7,11H,4,6,8-9H2,1-2H3,(H,16,17)(H,18,19). The number of carbonyl (C=O) groups is 2. The minimum absolute atomic E-state index is 0.0789. The van der Waals surface area contributed by atoms with Gasteiger partial charge in [-0.15, -0.1) is 0 Å². The highest BCUT2D eigenvalue weighted by atomic mass is 16.4. The van der Waals surface area contributed by atoms with Crippen molar-refractivity contribution in [1.82, 2.24) is 10.3 Å². The molecule has 104 valence electrons. The molecule has 0 aliphatic carbocycles. The molecule has 0 radical (unpaired) electrons. The number of carboxylic acid groups (broad SMARTS) is 1. The van der Waals surface area contributed by atoms with Gasteiger partial charge >= 0.3 is 5.97 Å². The van der Waals surface area contributed by atoms with E-state index in [2.05, 4.69) is 10.3 Å². The second-order valence-electron chi connectivity index (χ2n) is 4.68. The molecule has 5 nitrogen and oxygen atoms in total. The first-order valence-electron chi connectivity index (χ1n) is 6.40. The van der Waals surface area contributed by atoms with Gasteiger partial charge in [-0.3, -0.25) is 14.6 Å². The highest BCUT2D eigenvalue weighted by Gasteiger charge is 2.10. The second-order valence-corrected chi connectivity index (χ2v) is 4.68. The summed E-state index contributed by atoms with van der Waals surface area (Å²) in [6, 6.07) is 3.76. The maximum Gasteiger partial charge on any atom is 0.306 e. The number of carboxylic acids is 1. The van der Waals surface area contributed by atoms with Gasteiger partial charge in [0, 0.05) is 12.7 Å². The van der Waals surface area contributed by atoms with Crippen LogP contribution >= 0.6 is 0 Å². The lowest BCUT2D eigenvalue weighted by Crippen LogP contribution is -2.27. The Balaban J connectivity index is 2.26. The predicted octanol–water partition coefficient (Wildman–Crippen LogP) is 1.55. The Hall–Kier alpha value is -1.91. The van der Waals surface area contributed by atoms with Crippen molar-refractivity contribution < 1.29 is 14.7 Å². The lowest BCUT2D eigenvalue weighted by molar-refractivity contribution is -0.141. The molecule has 0 saturated carbocycles. The van der Waals surface area contributed by atoms with Crippen molar-refractivity contribution in [2.24, 2.45) is 5.92 Å². The van der Waals surface area contributed by atoms with Gasteiger partial charge in [-0.2, -0.15) is 0 Å². The van der Waals surface area contributed by atoms with Gasteiger partial charge in [-0.05, 0) is 31.4 Å². The predicted molar refractivity (Wildman–Crippen MR) is 71.7 cm³/mol. The van der Waals surface area contributed by atoms with Crippen LogP contribution in [0.15, 0.2) is 18.3 Å². The van der Waals surface area contributed by atoms with E-state index in [1.807, 2.05) is 19.1 Å². The zero-order valence-electron chi connectivity index (χ0n) is 11.3. The number of aliphatic carboxylic acids is 1. The fraction of sp³-hybridized carbons (Fsp3) is 0.500. The number of nitrogens with zero attached hydrogens (tertiary/aromatic N) is 1. The highest BCUT2D eigenvalue weighted by Crippen LogP contribution is 2.05. The minimum Gasteiger partial charge on any atom is -0.481 e. The number of hydrogen-bond donors (Lipinski definition) is 2. The Morgan fingerprint density at radius 2 is 2.21 bits per heavy atom. The third kappa shape index (κ3) is 5.50. The van der Waals surface area contributed by atoms with E-state index in [9.17, 15) is 9.59 Å². The van der Waals surface area contributed by atoms with E-state index in [1.165, 1.54) is 0 Å². The molecular weight excluding hydrogens is 244 g/mol. The number of hydrogen-bond acceptors (Lipinski definition) is 3. The van der Waals surface area contributed by atoms with E-state index in [0.29, 0.717) is 19.4 Å². The number of pyridine rings is 1. The number of aromatic nitrogens is 1. The van der Waals surface area contributed by atoms with Gasteiger partial charge in [0.25, 0.3) is 0 Å². The number of amides is 1. The maximum absolute atomic E-state index is 11.7. The normalized spacial score (nSPS) is 11.9. The van der Waals surface area contributed by atoms with E-state index in [-0.39, 0.29) is 18.2 Å². The van der Waals surface area contributed by atoms with E-state index in [0.717, 1.165) is 11.3 Å². The Kier molecular flexibility index (Phi) is 5.99. The van der Waals surface area contributed by atoms with Gasteiger partial charge < -0.3 is 10.4 Å². The molecule has 5 heteroatoms. The summed E-state index contributed by atoms with van der Waals surface area (Å²) in [5.41, 5.74) is 1.77. The summed E-state index contributed by atoms with van der Waals surface area (Å²) in [5, 5.41) is 11.5. The van der Waals surface area contributed by atoms with Crippen molar-refractivity contribution in [2.45, 2.75) is 33.1 Å². The molecule has 0 aliphatic heterocycles. The van der Waals surface area contributed by atoms with Crippen LogP contribution in [0, 0.1) is 12.8 Å². The summed E-state index contributed by atoms with van der Waals surface area (Å²) >= 11 is 0. The van der Waals surface area contributed by atoms with Crippen LogP contribution in [0.4, 0.5) is 0 Å². The molecule has 0 spiro atoms. The summed E-state index contributed by atoms with van der Waals surface area (Å²) in [6.45, 7) is 4.09. The second kappa shape index (κ2) is 7.51. The van der Waals surface area contributed by atoms with Crippen molar-refractivity contribution in [3.05, 3.63) is 29.6 Å². The molecule has 1 atom stereocenters. The molecule has 1 rings (SSSR count). The van der Waals surface area contributed by atoms with Gasteiger partial charge in [-0.1, -0.05) is 13.0 Å². The number of rotatable bonds is 7. The Morgan fingerprint density at radius 1 is 1.47 bits per heavy atom. The van der Waals surface area contributed by atoms with Crippen LogP contribution in [0.1, 0.15) is 31.0 Å². The number of carbonyl (C=O) groups excluding carboxylic acids is 1. The third-order valence-corrected chi connectivity index (χ3v) is 3.00. The van der Waals surface area contributed by atoms with Gasteiger partial charge in [0.1, 0.15) is 0 Å². The molecule has 0 saturated heterocycles. The van der Waals surface area contributed by atoms with E-state index >= 15 is 0 Å². The van der Waals surface area contributed by atoms with Gasteiger partial charge in [0.05, 0.1) is 18.0 Å². The lowest BCUT2D eigenvalue weighted by Gasteiger charge is -2.08. The van der Waals surface area contributed by atoms with Crippen LogP contribution in [0.2, 0.25) is 0 Å². The average Bonchev–Trinajstić information content (AvgIpc) is 2.37. The SMILES string of the molecule is Cc1cccnc1CC(=O)NCCCC(C)C(=O)O. The van der Waals surface area contributed by atoms with Crippen molar-refractivity contribution in [2.75, 3.05) is 6.54 Å². The first-order valence-corrected chi connectivity index (χ1v) is 6.40. The molecule has 19 heavy (non-hydrogen) atoms. The van der Waals surface area contributed by atoms with Gasteiger partial charge in [0.2, 0.25) is 5.91 Å². The molecule has 1 unspecified atom stereocenters. The Bertz CT molecular complexity index is 446. The number of nitrogens with one attached hydrogen (secondary N) is 1. The summed E-state index contributed by atoms with van der Waals surface area (Å²) in [4.78, 5) is 26.4. The summed E-state index contributed by atoms with van der Waals surface area (Å²) in [7, 11) is 0. The average molecular weight is 264 g/mol. The quantitative estimate of drug-likeness (QED) is 0.732. The molecule has 1 amide bonds. The molecule has 2 N–H and O–H groups in total. The lowest BCUT2D eigenvalue weighted by atomic mass is 10.1. The fourth-order valence-electron chi connectivity index (χ4n) is 1.68. The highest BCUT2D eigenvalue weighted by molar-refractivity contribution is 5.78. The van der Waals surface area contributed by atoms with Gasteiger partial charge in [0.15, 0.2) is 0 Å². The topological polar surface area (TPSA) is 79.3 Å². The zero-order valence-corrected chi connectivity index (χ0v) is 11.3. The molecule has 1 aromatic rings. The van der Waals surface area contributed by atoms with Crippen LogP contribution in [-0.4, -0.2) is 28.5 Å².